The Morgan fingerprint density at radius 1 is 0.906 bits per heavy atom. The molecule has 0 saturated heterocycles. The highest BCUT2D eigenvalue weighted by atomic mass is 16.2. The summed E-state index contributed by atoms with van der Waals surface area (Å²) in [6.07, 6.45) is 11.8. The largest absolute Gasteiger partial charge is 0.355 e. The van der Waals surface area contributed by atoms with Crippen molar-refractivity contribution in [1.29, 1.82) is 0 Å². The molecule has 0 radical (unpaired) electrons. The predicted octanol–water partition coefficient (Wildman–Crippen LogP) is 5.73. The number of aromatic nitrogens is 1. The monoisotopic (exact) mass is 432 g/mol. The number of fused-ring (bicyclic) bond motifs is 1. The number of carbonyl (C=O) groups excluding carboxylic acids is 1. The van der Waals surface area contributed by atoms with Crippen molar-refractivity contribution >= 4 is 17.3 Å². The van der Waals surface area contributed by atoms with Gasteiger partial charge in [0, 0.05) is 11.7 Å². The van der Waals surface area contributed by atoms with Crippen molar-refractivity contribution in [3.63, 3.8) is 0 Å². The number of para-hydroxylation sites is 2. The summed E-state index contributed by atoms with van der Waals surface area (Å²) in [7, 11) is 0. The molecule has 1 amide bonds. The molecule has 2 fully saturated rings. The maximum absolute atomic E-state index is 14.1. The number of nitrogens with one attached hydrogen (secondary N) is 3. The Bertz CT molecular complexity index is 921. The second-order valence-electron chi connectivity index (χ2n) is 9.99. The SMILES string of the molecule is Cc1cccc(C2(C(C(=O)NC3CCCCC3)C3CCCCC3)Nc3ccccc3N2)n1. The van der Waals surface area contributed by atoms with Crippen LogP contribution in [-0.4, -0.2) is 16.9 Å². The lowest BCUT2D eigenvalue weighted by atomic mass is 9.72. The van der Waals surface area contributed by atoms with Gasteiger partial charge in [0.2, 0.25) is 5.91 Å². The van der Waals surface area contributed by atoms with E-state index in [1.165, 1.54) is 38.5 Å². The summed E-state index contributed by atoms with van der Waals surface area (Å²) < 4.78 is 0. The molecule has 2 aromatic rings. The van der Waals surface area contributed by atoms with Gasteiger partial charge in [0.25, 0.3) is 0 Å². The number of aryl methyl sites for hydroxylation is 1. The highest BCUT2D eigenvalue weighted by Gasteiger charge is 2.53. The van der Waals surface area contributed by atoms with E-state index in [1.807, 2.05) is 25.1 Å². The summed E-state index contributed by atoms with van der Waals surface area (Å²) in [5.41, 5.74) is 3.22. The predicted molar refractivity (Wildman–Crippen MR) is 129 cm³/mol. The summed E-state index contributed by atoms with van der Waals surface area (Å²) in [6, 6.07) is 14.7. The van der Waals surface area contributed by atoms with Gasteiger partial charge < -0.3 is 16.0 Å². The van der Waals surface area contributed by atoms with Crippen LogP contribution in [0.2, 0.25) is 0 Å². The number of amides is 1. The van der Waals surface area contributed by atoms with Crippen molar-refractivity contribution in [2.45, 2.75) is 82.8 Å². The van der Waals surface area contributed by atoms with E-state index >= 15 is 0 Å². The van der Waals surface area contributed by atoms with Gasteiger partial charge in [-0.25, -0.2) is 0 Å². The third-order valence-electron chi connectivity index (χ3n) is 7.70. The molecule has 5 heteroatoms. The molecule has 1 atom stereocenters. The van der Waals surface area contributed by atoms with E-state index in [2.05, 4.69) is 40.2 Å². The first-order valence-electron chi connectivity index (χ1n) is 12.6. The number of carbonyl (C=O) groups is 1. The number of hydrogen-bond donors (Lipinski definition) is 3. The third-order valence-corrected chi connectivity index (χ3v) is 7.70. The summed E-state index contributed by atoms with van der Waals surface area (Å²) in [6.45, 7) is 2.02. The van der Waals surface area contributed by atoms with E-state index in [-0.39, 0.29) is 11.8 Å². The van der Waals surface area contributed by atoms with Gasteiger partial charge in [0.15, 0.2) is 5.66 Å². The molecule has 3 N–H and O–H groups in total. The van der Waals surface area contributed by atoms with Crippen LogP contribution in [0.25, 0.3) is 0 Å². The standard InChI is InChI=1S/C27H36N4O/c1-19-11-10-18-24(28-19)27(30-22-16-8-9-17-23(22)31-27)25(20-12-4-2-5-13-20)26(32)29-21-14-6-3-7-15-21/h8-11,16-18,20-21,25,30-31H,2-7,12-15H2,1H3,(H,29,32). The Morgan fingerprint density at radius 2 is 1.53 bits per heavy atom. The van der Waals surface area contributed by atoms with E-state index in [0.717, 1.165) is 48.4 Å². The number of rotatable bonds is 5. The van der Waals surface area contributed by atoms with Crippen LogP contribution in [0.1, 0.15) is 75.6 Å². The fraction of sp³-hybridized carbons (Fsp3) is 0.556. The quantitative estimate of drug-likeness (QED) is 0.565. The molecule has 0 spiro atoms. The molecular weight excluding hydrogens is 396 g/mol. The van der Waals surface area contributed by atoms with Crippen LogP contribution in [0, 0.1) is 18.8 Å². The molecule has 5 nitrogen and oxygen atoms in total. The molecule has 5 rings (SSSR count). The van der Waals surface area contributed by atoms with Crippen LogP contribution in [0.15, 0.2) is 42.5 Å². The zero-order valence-corrected chi connectivity index (χ0v) is 19.2. The minimum Gasteiger partial charge on any atom is -0.355 e. The van der Waals surface area contributed by atoms with Crippen LogP contribution in [0.3, 0.4) is 0 Å². The number of pyridine rings is 1. The number of hydrogen-bond acceptors (Lipinski definition) is 4. The molecular formula is C27H36N4O. The second-order valence-corrected chi connectivity index (χ2v) is 9.99. The zero-order valence-electron chi connectivity index (χ0n) is 19.2. The molecule has 32 heavy (non-hydrogen) atoms. The smallest absolute Gasteiger partial charge is 0.228 e. The lowest BCUT2D eigenvalue weighted by Gasteiger charge is -2.43. The Kier molecular flexibility index (Phi) is 6.07. The number of nitrogens with zero attached hydrogens (tertiary/aromatic N) is 1. The maximum atomic E-state index is 14.1. The molecule has 1 aromatic carbocycles. The summed E-state index contributed by atoms with van der Waals surface area (Å²) in [5, 5.41) is 11.0. The van der Waals surface area contributed by atoms with Crippen molar-refractivity contribution in [2.75, 3.05) is 10.6 Å². The van der Waals surface area contributed by atoms with Crippen molar-refractivity contribution < 1.29 is 4.79 Å². The van der Waals surface area contributed by atoms with Gasteiger partial charge in [-0.1, -0.05) is 56.7 Å². The Morgan fingerprint density at radius 3 is 2.16 bits per heavy atom. The Hall–Kier alpha value is -2.56. The van der Waals surface area contributed by atoms with Gasteiger partial charge >= 0.3 is 0 Å². The molecule has 2 heterocycles. The Balaban J connectivity index is 1.56. The van der Waals surface area contributed by atoms with Gasteiger partial charge in [0.05, 0.1) is 23.0 Å². The molecule has 1 aliphatic heterocycles. The zero-order chi connectivity index (χ0) is 22.0. The van der Waals surface area contributed by atoms with Crippen LogP contribution in [0.5, 0.6) is 0 Å². The molecule has 2 saturated carbocycles. The first kappa shape index (κ1) is 21.3. The summed E-state index contributed by atoms with van der Waals surface area (Å²) in [5.74, 6) is 0.273. The van der Waals surface area contributed by atoms with Gasteiger partial charge in [-0.05, 0) is 62.8 Å². The molecule has 0 bridgehead atoms. The summed E-state index contributed by atoms with van der Waals surface area (Å²) in [4.78, 5) is 19.0. The highest BCUT2D eigenvalue weighted by Crippen LogP contribution is 2.48. The second kappa shape index (κ2) is 9.13. The maximum Gasteiger partial charge on any atom is 0.228 e. The first-order chi connectivity index (χ1) is 15.7. The van der Waals surface area contributed by atoms with Crippen molar-refractivity contribution in [1.82, 2.24) is 10.3 Å². The molecule has 1 aromatic heterocycles. The normalized spacial score (nSPS) is 21.8. The fourth-order valence-electron chi connectivity index (χ4n) is 6.13. The van der Waals surface area contributed by atoms with E-state index in [0.29, 0.717) is 12.0 Å². The lowest BCUT2D eigenvalue weighted by molar-refractivity contribution is -0.130. The summed E-state index contributed by atoms with van der Waals surface area (Å²) >= 11 is 0. The van der Waals surface area contributed by atoms with Gasteiger partial charge in [0.1, 0.15) is 0 Å². The van der Waals surface area contributed by atoms with Crippen LogP contribution < -0.4 is 16.0 Å². The van der Waals surface area contributed by atoms with Crippen molar-refractivity contribution in [3.05, 3.63) is 53.9 Å². The lowest BCUT2D eigenvalue weighted by Crippen LogP contribution is -2.57. The highest BCUT2D eigenvalue weighted by molar-refractivity contribution is 5.86. The van der Waals surface area contributed by atoms with E-state index in [4.69, 9.17) is 4.98 Å². The minimum absolute atomic E-state index is 0.180. The van der Waals surface area contributed by atoms with Crippen molar-refractivity contribution in [2.24, 2.45) is 11.8 Å². The van der Waals surface area contributed by atoms with Gasteiger partial charge in [-0.2, -0.15) is 0 Å². The molecule has 1 unspecified atom stereocenters. The van der Waals surface area contributed by atoms with Crippen molar-refractivity contribution in [3.8, 4) is 0 Å². The average Bonchev–Trinajstić information content (AvgIpc) is 3.21. The van der Waals surface area contributed by atoms with Crippen LogP contribution in [-0.2, 0) is 10.5 Å². The Labute approximate surface area is 191 Å². The number of benzene rings is 1. The minimum atomic E-state index is -0.740. The average molecular weight is 433 g/mol. The van der Waals surface area contributed by atoms with E-state index < -0.39 is 5.66 Å². The molecule has 3 aliphatic rings. The fourth-order valence-corrected chi connectivity index (χ4v) is 6.13. The number of anilines is 2. The molecule has 170 valence electrons. The van der Waals surface area contributed by atoms with E-state index in [9.17, 15) is 4.79 Å². The van der Waals surface area contributed by atoms with E-state index in [1.54, 1.807) is 0 Å². The molecule has 2 aliphatic carbocycles. The topological polar surface area (TPSA) is 66.1 Å². The van der Waals surface area contributed by atoms with Gasteiger partial charge in [-0.15, -0.1) is 0 Å². The van der Waals surface area contributed by atoms with Crippen LogP contribution in [0.4, 0.5) is 11.4 Å². The first-order valence-corrected chi connectivity index (χ1v) is 12.6. The van der Waals surface area contributed by atoms with Gasteiger partial charge in [-0.3, -0.25) is 9.78 Å². The third kappa shape index (κ3) is 4.10. The van der Waals surface area contributed by atoms with Crippen LogP contribution >= 0.6 is 0 Å².